The fourth-order valence-electron chi connectivity index (χ4n) is 6.52. The zero-order valence-electron chi connectivity index (χ0n) is 22.6. The molecular formula is C28H29ClF5N5O2. The third-order valence-electron chi connectivity index (χ3n) is 9.25. The molecule has 3 aromatic rings. The molecule has 220 valence electrons. The number of ether oxygens (including phenoxy) is 1. The van der Waals surface area contributed by atoms with Crippen LogP contribution < -0.4 is 10.2 Å². The number of carbonyl (C=O) groups excluding carboxylic acids is 1. The zero-order valence-corrected chi connectivity index (χ0v) is 23.4. The quantitative estimate of drug-likeness (QED) is 0.356. The highest BCUT2D eigenvalue weighted by atomic mass is 35.5. The minimum Gasteiger partial charge on any atom is -0.381 e. The molecule has 13 heteroatoms. The number of benzene rings is 1. The van der Waals surface area contributed by atoms with Crippen molar-refractivity contribution in [2.75, 3.05) is 18.6 Å². The van der Waals surface area contributed by atoms with E-state index in [1.807, 2.05) is 0 Å². The van der Waals surface area contributed by atoms with Gasteiger partial charge in [0.15, 0.2) is 10.8 Å². The number of amides is 1. The van der Waals surface area contributed by atoms with Gasteiger partial charge in [-0.15, -0.1) is 0 Å². The van der Waals surface area contributed by atoms with Crippen molar-refractivity contribution in [3.8, 4) is 0 Å². The van der Waals surface area contributed by atoms with E-state index in [0.717, 1.165) is 24.3 Å². The second-order valence-corrected chi connectivity index (χ2v) is 12.1. The molecule has 1 N–H and O–H groups in total. The molecule has 3 aliphatic rings. The topological polar surface area (TPSA) is 71.8 Å². The largest absolute Gasteiger partial charge is 0.401 e. The highest BCUT2D eigenvalue weighted by molar-refractivity contribution is 6.29. The van der Waals surface area contributed by atoms with E-state index >= 15 is 8.78 Å². The van der Waals surface area contributed by atoms with Crippen molar-refractivity contribution in [1.29, 1.82) is 0 Å². The lowest BCUT2D eigenvalue weighted by Crippen LogP contribution is -2.43. The van der Waals surface area contributed by atoms with E-state index in [1.54, 1.807) is 7.11 Å². The molecule has 2 saturated carbocycles. The molecule has 0 bridgehead atoms. The number of carbonyl (C=O) groups is 1. The van der Waals surface area contributed by atoms with Crippen LogP contribution in [0.25, 0.3) is 5.65 Å². The van der Waals surface area contributed by atoms with E-state index in [2.05, 4.69) is 15.4 Å². The van der Waals surface area contributed by atoms with Crippen LogP contribution in [-0.4, -0.2) is 58.4 Å². The maximum Gasteiger partial charge on any atom is 0.401 e. The fourth-order valence-corrected chi connectivity index (χ4v) is 6.70. The number of aromatic nitrogens is 3. The Balaban J connectivity index is 1.26. The number of methoxy groups -OCH3 is 1. The summed E-state index contributed by atoms with van der Waals surface area (Å²) in [6, 6.07) is 7.10. The van der Waals surface area contributed by atoms with Crippen molar-refractivity contribution < 1.29 is 31.5 Å². The maximum atomic E-state index is 15.2. The third kappa shape index (κ3) is 4.11. The predicted octanol–water partition coefficient (Wildman–Crippen LogP) is 6.17. The molecule has 0 saturated heterocycles. The van der Waals surface area contributed by atoms with Crippen LogP contribution in [0.2, 0.25) is 5.15 Å². The Bertz CT molecular complexity index is 1500. The molecule has 7 nitrogen and oxygen atoms in total. The van der Waals surface area contributed by atoms with Crippen LogP contribution in [0.15, 0.2) is 36.5 Å². The smallest absolute Gasteiger partial charge is 0.381 e. The molecule has 6 rings (SSSR count). The summed E-state index contributed by atoms with van der Waals surface area (Å²) in [5.74, 6) is -5.32. The van der Waals surface area contributed by atoms with Crippen LogP contribution in [0.4, 0.5) is 33.3 Å². The van der Waals surface area contributed by atoms with Crippen molar-refractivity contribution in [2.24, 2.45) is 5.41 Å². The van der Waals surface area contributed by atoms with Crippen LogP contribution in [0.3, 0.4) is 0 Å². The summed E-state index contributed by atoms with van der Waals surface area (Å²) in [7, 11) is 1.63. The summed E-state index contributed by atoms with van der Waals surface area (Å²) < 4.78 is 80.1. The molecular weight excluding hydrogens is 569 g/mol. The Morgan fingerprint density at radius 3 is 2.39 bits per heavy atom. The monoisotopic (exact) mass is 597 g/mol. The lowest BCUT2D eigenvalue weighted by molar-refractivity contribution is -0.181. The molecule has 3 heterocycles. The first kappa shape index (κ1) is 28.1. The molecule has 41 heavy (non-hydrogen) atoms. The minimum absolute atomic E-state index is 0.0123. The summed E-state index contributed by atoms with van der Waals surface area (Å²) in [5.41, 5.74) is -3.35. The summed E-state index contributed by atoms with van der Waals surface area (Å²) >= 11 is 5.97. The van der Waals surface area contributed by atoms with Crippen LogP contribution in [0, 0.1) is 5.41 Å². The molecule has 2 aliphatic carbocycles. The first-order valence-corrected chi connectivity index (χ1v) is 13.8. The maximum absolute atomic E-state index is 15.2. The second-order valence-electron chi connectivity index (χ2n) is 11.7. The van der Waals surface area contributed by atoms with Gasteiger partial charge in [0.05, 0.1) is 29.6 Å². The lowest BCUT2D eigenvalue weighted by Gasteiger charge is -2.29. The van der Waals surface area contributed by atoms with Gasteiger partial charge in [-0.05, 0) is 57.2 Å². The average molecular weight is 598 g/mol. The molecule has 1 amide bonds. The number of rotatable bonds is 5. The molecule has 2 aromatic heterocycles. The van der Waals surface area contributed by atoms with Crippen molar-refractivity contribution >= 4 is 34.5 Å². The standard InChI is InChI=1S/C28H29ClF5N5O2/c1-25(28(32,33)34)14-38(19-13-35-21-12-20(29)37-39(21)23(19)25)17-8-4-15(5-9-17)22-26(2,27(22,30)31)24(40)36-16-6-10-18(41-3)11-7-16/h4-5,8-9,12-13,16,18,22H,6-7,10-11,14H2,1-3H3,(H,36,40)/t16?,18?,22-,25-,26+/m1/s1. The van der Waals surface area contributed by atoms with Crippen LogP contribution in [-0.2, 0) is 14.9 Å². The number of alkyl halides is 5. The van der Waals surface area contributed by atoms with E-state index in [4.69, 9.17) is 16.3 Å². The highest BCUT2D eigenvalue weighted by Crippen LogP contribution is 2.71. The first-order chi connectivity index (χ1) is 19.2. The number of nitrogens with zero attached hydrogens (tertiary/aromatic N) is 4. The summed E-state index contributed by atoms with van der Waals surface area (Å²) in [5, 5.41) is 6.86. The first-order valence-electron chi connectivity index (χ1n) is 13.4. The average Bonchev–Trinajstić information content (AvgIpc) is 3.19. The van der Waals surface area contributed by atoms with Gasteiger partial charge in [0.25, 0.3) is 5.92 Å². The molecule has 2 fully saturated rings. The summed E-state index contributed by atoms with van der Waals surface area (Å²) in [6.45, 7) is 1.89. The SMILES string of the molecule is COC1CCC(NC(=O)[C@]2(C)[C@@H](c3ccc(N4C[C@@](C)(C(F)(F)F)c5c4cnc4cc(Cl)nn54)cc3)C2(F)F)CC1. The van der Waals surface area contributed by atoms with E-state index in [1.165, 1.54) is 48.4 Å². The van der Waals surface area contributed by atoms with Crippen LogP contribution in [0.5, 0.6) is 0 Å². The number of halogens is 6. The van der Waals surface area contributed by atoms with Gasteiger partial charge in [-0.3, -0.25) is 4.79 Å². The third-order valence-corrected chi connectivity index (χ3v) is 9.43. The number of nitrogens with one attached hydrogen (secondary N) is 1. The fraction of sp³-hybridized carbons (Fsp3) is 0.536. The zero-order chi connectivity index (χ0) is 29.5. The van der Waals surface area contributed by atoms with Gasteiger partial charge in [-0.2, -0.15) is 18.3 Å². The van der Waals surface area contributed by atoms with Gasteiger partial charge < -0.3 is 15.0 Å². The van der Waals surface area contributed by atoms with E-state index in [-0.39, 0.29) is 39.9 Å². The predicted molar refractivity (Wildman–Crippen MR) is 142 cm³/mol. The van der Waals surface area contributed by atoms with Gasteiger partial charge in [0.2, 0.25) is 5.91 Å². The Hall–Kier alpha value is -2.99. The molecule has 0 unspecified atom stereocenters. The van der Waals surface area contributed by atoms with E-state index in [0.29, 0.717) is 18.5 Å². The number of hydrogen-bond donors (Lipinski definition) is 1. The van der Waals surface area contributed by atoms with Crippen molar-refractivity contribution in [3.63, 3.8) is 0 Å². The number of anilines is 2. The van der Waals surface area contributed by atoms with E-state index in [9.17, 15) is 18.0 Å². The Morgan fingerprint density at radius 1 is 1.12 bits per heavy atom. The van der Waals surface area contributed by atoms with E-state index < -0.39 is 41.3 Å². The Kier molecular flexibility index (Phi) is 6.35. The van der Waals surface area contributed by atoms with Gasteiger partial charge in [0, 0.05) is 31.5 Å². The lowest BCUT2D eigenvalue weighted by atomic mass is 9.87. The molecule has 1 aromatic carbocycles. The van der Waals surface area contributed by atoms with Crippen molar-refractivity contribution in [3.05, 3.63) is 52.9 Å². The minimum atomic E-state index is -4.63. The van der Waals surface area contributed by atoms with Crippen LogP contribution >= 0.6 is 11.6 Å². The number of hydrogen-bond acceptors (Lipinski definition) is 5. The molecule has 0 spiro atoms. The van der Waals surface area contributed by atoms with Crippen molar-refractivity contribution in [1.82, 2.24) is 19.9 Å². The van der Waals surface area contributed by atoms with Crippen LogP contribution in [0.1, 0.15) is 56.7 Å². The highest BCUT2D eigenvalue weighted by Gasteiger charge is 2.82. The summed E-state index contributed by atoms with van der Waals surface area (Å²) in [4.78, 5) is 18.7. The molecule has 0 radical (unpaired) electrons. The Morgan fingerprint density at radius 2 is 1.78 bits per heavy atom. The summed E-state index contributed by atoms with van der Waals surface area (Å²) in [6.07, 6.45) is -0.358. The molecule has 1 aliphatic heterocycles. The van der Waals surface area contributed by atoms with Gasteiger partial charge in [0.1, 0.15) is 10.8 Å². The van der Waals surface area contributed by atoms with Crippen molar-refractivity contribution in [2.45, 2.75) is 75.1 Å². The Labute approximate surface area is 238 Å². The second kappa shape index (κ2) is 9.26. The van der Waals surface area contributed by atoms with Gasteiger partial charge >= 0.3 is 6.18 Å². The molecule has 3 atom stereocenters. The normalized spacial score (nSPS) is 30.9. The van der Waals surface area contributed by atoms with Gasteiger partial charge in [-0.25, -0.2) is 18.3 Å². The number of fused-ring (bicyclic) bond motifs is 3. The van der Waals surface area contributed by atoms with Gasteiger partial charge in [-0.1, -0.05) is 23.7 Å².